The number of hydrogen-bond donors (Lipinski definition) is 2. The zero-order valence-corrected chi connectivity index (χ0v) is 15.4. The number of amides is 1. The van der Waals surface area contributed by atoms with Gasteiger partial charge in [0, 0.05) is 19.5 Å². The second kappa shape index (κ2) is 8.37. The predicted molar refractivity (Wildman–Crippen MR) is 97.3 cm³/mol. The van der Waals surface area contributed by atoms with Crippen LogP contribution in [0.5, 0.6) is 5.75 Å². The number of ether oxygens (including phenoxy) is 2. The molecule has 0 aliphatic carbocycles. The molecule has 1 amide bonds. The maximum Gasteiger partial charge on any atom is 0.257 e. The summed E-state index contributed by atoms with van der Waals surface area (Å²) in [6, 6.07) is 7.39. The highest BCUT2D eigenvalue weighted by atomic mass is 16.5. The molecule has 6 nitrogen and oxygen atoms in total. The van der Waals surface area contributed by atoms with Crippen LogP contribution in [-0.2, 0) is 4.74 Å². The van der Waals surface area contributed by atoms with Gasteiger partial charge in [0.05, 0.1) is 30.5 Å². The van der Waals surface area contributed by atoms with Crippen molar-refractivity contribution in [3.63, 3.8) is 0 Å². The lowest BCUT2D eigenvalue weighted by molar-refractivity contribution is -0.185. The lowest BCUT2D eigenvalue weighted by Crippen LogP contribution is -2.55. The fraction of sp³-hybridized carbons (Fsp3) is 0.650. The summed E-state index contributed by atoms with van der Waals surface area (Å²) in [6.45, 7) is 4.02. The number of carbonyl (C=O) groups is 1. The van der Waals surface area contributed by atoms with Crippen LogP contribution < -0.4 is 4.74 Å². The topological polar surface area (TPSA) is 79.2 Å². The zero-order chi connectivity index (χ0) is 18.6. The van der Waals surface area contributed by atoms with E-state index in [1.54, 1.807) is 0 Å². The van der Waals surface area contributed by atoms with Gasteiger partial charge in [-0.05, 0) is 31.4 Å². The van der Waals surface area contributed by atoms with E-state index in [9.17, 15) is 15.0 Å². The van der Waals surface area contributed by atoms with E-state index in [0.717, 1.165) is 12.8 Å². The van der Waals surface area contributed by atoms with Crippen molar-refractivity contribution in [1.29, 1.82) is 0 Å². The molecular weight excluding hydrogens is 334 g/mol. The van der Waals surface area contributed by atoms with Gasteiger partial charge >= 0.3 is 0 Å². The normalized spacial score (nSPS) is 25.3. The third kappa shape index (κ3) is 4.19. The first-order valence-corrected chi connectivity index (χ1v) is 9.56. The summed E-state index contributed by atoms with van der Waals surface area (Å²) in [5.74, 6) is 0.613. The summed E-state index contributed by atoms with van der Waals surface area (Å²) >= 11 is 0. The third-order valence-electron chi connectivity index (χ3n) is 5.42. The number of aliphatic hydroxyl groups excluding tert-OH is 2. The van der Waals surface area contributed by atoms with Crippen LogP contribution in [0.15, 0.2) is 24.3 Å². The Hall–Kier alpha value is -1.63. The number of aliphatic hydroxyl groups is 2. The third-order valence-corrected chi connectivity index (χ3v) is 5.42. The van der Waals surface area contributed by atoms with Crippen molar-refractivity contribution in [2.24, 2.45) is 0 Å². The minimum Gasteiger partial charge on any atom is -0.493 e. The molecule has 6 heteroatoms. The smallest absolute Gasteiger partial charge is 0.257 e. The molecule has 144 valence electrons. The molecule has 1 aromatic carbocycles. The lowest BCUT2D eigenvalue weighted by Gasteiger charge is -2.46. The van der Waals surface area contributed by atoms with Crippen LogP contribution in [0.25, 0.3) is 0 Å². The summed E-state index contributed by atoms with van der Waals surface area (Å²) < 4.78 is 11.6. The highest BCUT2D eigenvalue weighted by molar-refractivity contribution is 5.97. The Kier molecular flexibility index (Phi) is 6.16. The van der Waals surface area contributed by atoms with E-state index in [1.165, 1.54) is 0 Å². The van der Waals surface area contributed by atoms with Crippen LogP contribution in [0.3, 0.4) is 0 Å². The van der Waals surface area contributed by atoms with Crippen molar-refractivity contribution >= 4 is 5.91 Å². The van der Waals surface area contributed by atoms with Crippen LogP contribution in [0, 0.1) is 0 Å². The van der Waals surface area contributed by atoms with Crippen LogP contribution in [-0.4, -0.2) is 65.1 Å². The molecule has 2 heterocycles. The number of rotatable bonds is 5. The quantitative estimate of drug-likeness (QED) is 0.782. The maximum absolute atomic E-state index is 13.0. The molecule has 0 aromatic heterocycles. The Morgan fingerprint density at radius 3 is 2.69 bits per heavy atom. The molecule has 2 N–H and O–H groups in total. The highest BCUT2D eigenvalue weighted by Gasteiger charge is 2.43. The summed E-state index contributed by atoms with van der Waals surface area (Å²) in [4.78, 5) is 14.8. The Bertz CT molecular complexity index is 612. The predicted octanol–water partition coefficient (Wildman–Crippen LogP) is 1.98. The zero-order valence-electron chi connectivity index (χ0n) is 15.4. The van der Waals surface area contributed by atoms with Crippen molar-refractivity contribution in [1.82, 2.24) is 4.90 Å². The molecule has 1 aromatic rings. The Morgan fingerprint density at radius 2 is 2.00 bits per heavy atom. The van der Waals surface area contributed by atoms with Gasteiger partial charge in [-0.15, -0.1) is 0 Å². The van der Waals surface area contributed by atoms with Gasteiger partial charge in [0.2, 0.25) is 0 Å². The molecule has 0 saturated carbocycles. The maximum atomic E-state index is 13.0. The minimum atomic E-state index is -0.813. The molecule has 0 unspecified atom stereocenters. The number of carbonyl (C=O) groups excluding carboxylic acids is 1. The summed E-state index contributed by atoms with van der Waals surface area (Å²) in [7, 11) is 0. The molecule has 2 atom stereocenters. The Morgan fingerprint density at radius 1 is 1.27 bits per heavy atom. The molecular formula is C20H29NO5. The van der Waals surface area contributed by atoms with Gasteiger partial charge in [0.15, 0.2) is 0 Å². The van der Waals surface area contributed by atoms with E-state index in [1.807, 2.05) is 29.2 Å². The summed E-state index contributed by atoms with van der Waals surface area (Å²) in [5.41, 5.74) is 0.173. The van der Waals surface area contributed by atoms with Gasteiger partial charge in [-0.25, -0.2) is 0 Å². The van der Waals surface area contributed by atoms with E-state index >= 15 is 0 Å². The van der Waals surface area contributed by atoms with Gasteiger partial charge in [0.25, 0.3) is 5.91 Å². The van der Waals surface area contributed by atoms with Gasteiger partial charge in [-0.1, -0.05) is 25.5 Å². The van der Waals surface area contributed by atoms with Crippen molar-refractivity contribution in [2.75, 3.05) is 26.3 Å². The fourth-order valence-electron chi connectivity index (χ4n) is 3.68. The van der Waals surface area contributed by atoms with Crippen LogP contribution in [0.2, 0.25) is 0 Å². The van der Waals surface area contributed by atoms with E-state index < -0.39 is 17.8 Å². The minimum absolute atomic E-state index is 0.0247. The van der Waals surface area contributed by atoms with Crippen LogP contribution in [0.1, 0.15) is 49.4 Å². The molecule has 2 fully saturated rings. The standard InChI is InChI=1S/C20H29NO5/c1-2-3-12-25-18-7-5-4-6-15(18)19(24)21-10-8-20(9-11-21)13-16(22)17(23)14-26-20/h4-7,16-17,22-23H,2-3,8-14H2,1H3/t16-,17+/m1/s1. The number of nitrogens with zero attached hydrogens (tertiary/aromatic N) is 1. The van der Waals surface area contributed by atoms with Crippen molar-refractivity contribution in [3.8, 4) is 5.75 Å². The van der Waals surface area contributed by atoms with Crippen molar-refractivity contribution < 1.29 is 24.5 Å². The average Bonchev–Trinajstić information content (AvgIpc) is 2.66. The fourth-order valence-corrected chi connectivity index (χ4v) is 3.68. The molecule has 0 radical (unpaired) electrons. The SMILES string of the molecule is CCCCOc1ccccc1C(=O)N1CCC2(CC1)C[C@@H](O)[C@@H](O)CO2. The van der Waals surface area contributed by atoms with Gasteiger partial charge in [0.1, 0.15) is 11.9 Å². The van der Waals surface area contributed by atoms with Crippen LogP contribution >= 0.6 is 0 Å². The van der Waals surface area contributed by atoms with Crippen LogP contribution in [0.4, 0.5) is 0 Å². The van der Waals surface area contributed by atoms with E-state index in [4.69, 9.17) is 9.47 Å². The second-order valence-corrected chi connectivity index (χ2v) is 7.32. The van der Waals surface area contributed by atoms with Crippen molar-refractivity contribution in [3.05, 3.63) is 29.8 Å². The molecule has 3 rings (SSSR count). The molecule has 2 saturated heterocycles. The first-order chi connectivity index (χ1) is 12.5. The number of piperidine rings is 1. The molecule has 26 heavy (non-hydrogen) atoms. The van der Waals surface area contributed by atoms with E-state index in [-0.39, 0.29) is 12.5 Å². The Balaban J connectivity index is 1.62. The number of para-hydroxylation sites is 1. The lowest BCUT2D eigenvalue weighted by atomic mass is 9.82. The largest absolute Gasteiger partial charge is 0.493 e. The van der Waals surface area contributed by atoms with E-state index in [2.05, 4.69) is 6.92 Å². The summed E-state index contributed by atoms with van der Waals surface area (Å²) in [6.07, 6.45) is 2.20. The first kappa shape index (κ1) is 19.1. The number of likely N-dealkylation sites (tertiary alicyclic amines) is 1. The number of hydrogen-bond acceptors (Lipinski definition) is 5. The second-order valence-electron chi connectivity index (χ2n) is 7.32. The summed E-state index contributed by atoms with van der Waals surface area (Å²) in [5, 5.41) is 19.6. The number of benzene rings is 1. The number of unbranched alkanes of at least 4 members (excludes halogenated alkanes) is 1. The molecule has 2 aliphatic rings. The monoisotopic (exact) mass is 363 g/mol. The molecule has 1 spiro atoms. The van der Waals surface area contributed by atoms with Gasteiger partial charge in [-0.2, -0.15) is 0 Å². The van der Waals surface area contributed by atoms with Gasteiger partial charge < -0.3 is 24.6 Å². The highest BCUT2D eigenvalue weighted by Crippen LogP contribution is 2.36. The first-order valence-electron chi connectivity index (χ1n) is 9.56. The molecule has 2 aliphatic heterocycles. The van der Waals surface area contributed by atoms with Crippen molar-refractivity contribution in [2.45, 2.75) is 56.8 Å². The molecule has 0 bridgehead atoms. The average molecular weight is 363 g/mol. The van der Waals surface area contributed by atoms with Gasteiger partial charge in [-0.3, -0.25) is 4.79 Å². The van der Waals surface area contributed by atoms with E-state index in [0.29, 0.717) is 50.3 Å². The Labute approximate surface area is 154 Å².